The smallest absolute Gasteiger partial charge is 0.228 e. The van der Waals surface area contributed by atoms with Crippen molar-refractivity contribution in [2.45, 2.75) is 13.0 Å². The van der Waals surface area contributed by atoms with Crippen LogP contribution in [-0.4, -0.2) is 64.1 Å². The molecule has 30 heavy (non-hydrogen) atoms. The lowest BCUT2D eigenvalue weighted by atomic mass is 10.1. The Kier molecular flexibility index (Phi) is 4.84. The number of aromatic nitrogens is 3. The number of nitrogens with zero attached hydrogens (tertiary/aromatic N) is 4. The molecule has 2 aromatic heterocycles. The molecule has 0 spiro atoms. The lowest BCUT2D eigenvalue weighted by Gasteiger charge is -2.34. The fraction of sp³-hybridized carbons (Fsp3) is 0.318. The van der Waals surface area contributed by atoms with E-state index in [2.05, 4.69) is 20.0 Å². The summed E-state index contributed by atoms with van der Waals surface area (Å²) in [5, 5.41) is 4.99. The van der Waals surface area contributed by atoms with Crippen molar-refractivity contribution in [2.75, 3.05) is 33.3 Å². The number of fused-ring (bicyclic) bond motifs is 2. The van der Waals surface area contributed by atoms with E-state index in [0.717, 1.165) is 47.6 Å². The first-order valence-electron chi connectivity index (χ1n) is 10.1. The maximum Gasteiger partial charge on any atom is 0.228 e. The number of para-hydroxylation sites is 1. The monoisotopic (exact) mass is 405 g/mol. The Morgan fingerprint density at radius 3 is 2.83 bits per heavy atom. The summed E-state index contributed by atoms with van der Waals surface area (Å²) in [5.74, 6) is 1.82. The fourth-order valence-electron chi connectivity index (χ4n) is 3.93. The van der Waals surface area contributed by atoms with Crippen molar-refractivity contribution in [3.8, 4) is 5.75 Å². The molecule has 3 heterocycles. The van der Waals surface area contributed by atoms with E-state index in [0.29, 0.717) is 24.4 Å². The zero-order valence-corrected chi connectivity index (χ0v) is 16.8. The van der Waals surface area contributed by atoms with Gasteiger partial charge in [-0.25, -0.2) is 4.98 Å². The van der Waals surface area contributed by atoms with Gasteiger partial charge in [-0.05, 0) is 24.3 Å². The molecule has 1 N–H and O–H groups in total. The summed E-state index contributed by atoms with van der Waals surface area (Å²) in [4.78, 5) is 25.0. The molecule has 8 heteroatoms. The maximum absolute atomic E-state index is 12.7. The SMILES string of the molecule is COc1ccc2nc(CN3CCN(C(=O)Cc4noc5ccccc45)CC3)[nH]c2c1. The van der Waals surface area contributed by atoms with Crippen LogP contribution in [0.25, 0.3) is 22.0 Å². The van der Waals surface area contributed by atoms with Gasteiger partial charge in [0.2, 0.25) is 5.91 Å². The quantitative estimate of drug-likeness (QED) is 0.549. The Morgan fingerprint density at radius 2 is 2.00 bits per heavy atom. The third kappa shape index (κ3) is 3.61. The highest BCUT2D eigenvalue weighted by Gasteiger charge is 2.23. The Bertz CT molecular complexity index is 1190. The molecule has 0 unspecified atom stereocenters. The summed E-state index contributed by atoms with van der Waals surface area (Å²) < 4.78 is 10.6. The number of hydrogen-bond donors (Lipinski definition) is 1. The van der Waals surface area contributed by atoms with Crippen molar-refractivity contribution in [3.63, 3.8) is 0 Å². The summed E-state index contributed by atoms with van der Waals surface area (Å²) in [6.07, 6.45) is 0.266. The number of H-pyrrole nitrogens is 1. The highest BCUT2D eigenvalue weighted by Crippen LogP contribution is 2.21. The number of aromatic amines is 1. The molecule has 0 atom stereocenters. The number of carbonyl (C=O) groups excluding carboxylic acids is 1. The van der Waals surface area contributed by atoms with Crippen LogP contribution in [0.1, 0.15) is 11.5 Å². The predicted octanol–water partition coefficient (Wildman–Crippen LogP) is 2.60. The number of ether oxygens (including phenoxy) is 1. The lowest BCUT2D eigenvalue weighted by Crippen LogP contribution is -2.48. The average molecular weight is 405 g/mol. The third-order valence-corrected chi connectivity index (χ3v) is 5.61. The summed E-state index contributed by atoms with van der Waals surface area (Å²) >= 11 is 0. The van der Waals surface area contributed by atoms with Crippen molar-refractivity contribution in [1.82, 2.24) is 24.9 Å². The topological polar surface area (TPSA) is 87.5 Å². The molecule has 0 bridgehead atoms. The van der Waals surface area contributed by atoms with Gasteiger partial charge in [-0.2, -0.15) is 0 Å². The first-order valence-corrected chi connectivity index (χ1v) is 10.1. The Balaban J connectivity index is 1.18. The van der Waals surface area contributed by atoms with Crippen molar-refractivity contribution in [3.05, 3.63) is 54.0 Å². The summed E-state index contributed by atoms with van der Waals surface area (Å²) in [6.45, 7) is 3.75. The van der Waals surface area contributed by atoms with Crippen LogP contribution in [0.4, 0.5) is 0 Å². The molecule has 5 rings (SSSR count). The van der Waals surface area contributed by atoms with Gasteiger partial charge < -0.3 is 19.1 Å². The zero-order chi connectivity index (χ0) is 20.5. The number of nitrogens with one attached hydrogen (secondary N) is 1. The van der Waals surface area contributed by atoms with Crippen molar-refractivity contribution >= 4 is 27.9 Å². The molecular weight excluding hydrogens is 382 g/mol. The van der Waals surface area contributed by atoms with Crippen LogP contribution in [0.3, 0.4) is 0 Å². The third-order valence-electron chi connectivity index (χ3n) is 5.61. The van der Waals surface area contributed by atoms with Gasteiger partial charge in [-0.15, -0.1) is 0 Å². The second-order valence-electron chi connectivity index (χ2n) is 7.53. The van der Waals surface area contributed by atoms with E-state index < -0.39 is 0 Å². The maximum atomic E-state index is 12.7. The minimum atomic E-state index is 0.0875. The second kappa shape index (κ2) is 7.79. The number of amides is 1. The molecule has 154 valence electrons. The van der Waals surface area contributed by atoms with Crippen LogP contribution in [0, 0.1) is 0 Å². The van der Waals surface area contributed by atoms with Gasteiger partial charge in [0, 0.05) is 37.6 Å². The van der Waals surface area contributed by atoms with E-state index in [1.165, 1.54) is 0 Å². The molecular formula is C22H23N5O3. The predicted molar refractivity (Wildman–Crippen MR) is 112 cm³/mol. The van der Waals surface area contributed by atoms with Crippen molar-refractivity contribution in [2.24, 2.45) is 0 Å². The van der Waals surface area contributed by atoms with Crippen LogP contribution in [0.2, 0.25) is 0 Å². The van der Waals surface area contributed by atoms with Gasteiger partial charge in [0.05, 0.1) is 31.1 Å². The largest absolute Gasteiger partial charge is 0.497 e. The Hall–Kier alpha value is -3.39. The molecule has 0 radical (unpaired) electrons. The number of benzene rings is 2. The van der Waals surface area contributed by atoms with E-state index in [9.17, 15) is 4.79 Å². The summed E-state index contributed by atoms with van der Waals surface area (Å²) in [6, 6.07) is 13.5. The Labute approximate surface area is 173 Å². The number of rotatable bonds is 5. The first-order chi connectivity index (χ1) is 14.7. The van der Waals surface area contributed by atoms with Gasteiger partial charge in [0.1, 0.15) is 17.3 Å². The normalized spacial score (nSPS) is 15.2. The van der Waals surface area contributed by atoms with E-state index in [1.807, 2.05) is 47.4 Å². The molecule has 0 saturated carbocycles. The number of imidazole rings is 1. The van der Waals surface area contributed by atoms with Gasteiger partial charge >= 0.3 is 0 Å². The molecule has 0 aliphatic carbocycles. The van der Waals surface area contributed by atoms with Crippen molar-refractivity contribution in [1.29, 1.82) is 0 Å². The summed E-state index contributed by atoms with van der Waals surface area (Å²) in [7, 11) is 1.66. The van der Waals surface area contributed by atoms with E-state index in [4.69, 9.17) is 9.26 Å². The van der Waals surface area contributed by atoms with Gasteiger partial charge in [0.15, 0.2) is 5.58 Å². The highest BCUT2D eigenvalue weighted by atomic mass is 16.5. The molecule has 1 saturated heterocycles. The van der Waals surface area contributed by atoms with Crippen molar-refractivity contribution < 1.29 is 14.1 Å². The van der Waals surface area contributed by atoms with E-state index in [-0.39, 0.29) is 12.3 Å². The first kappa shape index (κ1) is 18.6. The number of piperazine rings is 1. The highest BCUT2D eigenvalue weighted by molar-refractivity contribution is 5.86. The number of carbonyl (C=O) groups is 1. The van der Waals surface area contributed by atoms with Gasteiger partial charge in [-0.1, -0.05) is 17.3 Å². The van der Waals surface area contributed by atoms with Crippen LogP contribution < -0.4 is 4.74 Å². The van der Waals surface area contributed by atoms with E-state index >= 15 is 0 Å². The molecule has 2 aromatic carbocycles. The molecule has 1 fully saturated rings. The minimum absolute atomic E-state index is 0.0875. The minimum Gasteiger partial charge on any atom is -0.497 e. The zero-order valence-electron chi connectivity index (χ0n) is 16.8. The lowest BCUT2D eigenvalue weighted by molar-refractivity contribution is -0.132. The molecule has 1 aliphatic rings. The number of hydrogen-bond acceptors (Lipinski definition) is 6. The second-order valence-corrected chi connectivity index (χ2v) is 7.53. The molecule has 1 aliphatic heterocycles. The van der Waals surface area contributed by atoms with Crippen LogP contribution in [-0.2, 0) is 17.8 Å². The average Bonchev–Trinajstić information content (AvgIpc) is 3.37. The van der Waals surface area contributed by atoms with Crippen LogP contribution in [0.15, 0.2) is 47.0 Å². The number of methoxy groups -OCH3 is 1. The fourth-order valence-corrected chi connectivity index (χ4v) is 3.93. The molecule has 1 amide bonds. The standard InChI is InChI=1S/C22H23N5O3/c1-29-15-6-7-17-19(12-15)24-21(23-17)14-26-8-10-27(11-9-26)22(28)13-18-16-4-2-3-5-20(16)30-25-18/h2-7,12H,8-11,13-14H2,1H3,(H,23,24). The molecule has 8 nitrogen and oxygen atoms in total. The molecule has 4 aromatic rings. The summed E-state index contributed by atoms with van der Waals surface area (Å²) in [5.41, 5.74) is 3.32. The van der Waals surface area contributed by atoms with E-state index in [1.54, 1.807) is 7.11 Å². The van der Waals surface area contributed by atoms with Crippen LogP contribution in [0.5, 0.6) is 5.75 Å². The van der Waals surface area contributed by atoms with Crippen LogP contribution >= 0.6 is 0 Å². The van der Waals surface area contributed by atoms with Gasteiger partial charge in [-0.3, -0.25) is 9.69 Å². The Morgan fingerprint density at radius 1 is 1.17 bits per heavy atom. The van der Waals surface area contributed by atoms with Gasteiger partial charge in [0.25, 0.3) is 0 Å².